The van der Waals surface area contributed by atoms with Crippen LogP contribution in [0.5, 0.6) is 0 Å². The van der Waals surface area contributed by atoms with Gasteiger partial charge in [0, 0.05) is 43.9 Å². The van der Waals surface area contributed by atoms with E-state index < -0.39 is 0 Å². The highest BCUT2D eigenvalue weighted by molar-refractivity contribution is 5.93. The lowest BCUT2D eigenvalue weighted by molar-refractivity contribution is -0.128. The summed E-state index contributed by atoms with van der Waals surface area (Å²) in [6, 6.07) is 16.0. The first kappa shape index (κ1) is 20.9. The molecule has 0 unspecified atom stereocenters. The van der Waals surface area contributed by atoms with E-state index in [9.17, 15) is 9.59 Å². The van der Waals surface area contributed by atoms with Crippen LogP contribution in [0.4, 0.5) is 11.4 Å². The summed E-state index contributed by atoms with van der Waals surface area (Å²) in [5.41, 5.74) is 4.24. The van der Waals surface area contributed by atoms with Crippen LogP contribution >= 0.6 is 0 Å². The van der Waals surface area contributed by atoms with Gasteiger partial charge in [-0.05, 0) is 62.4 Å². The van der Waals surface area contributed by atoms with E-state index in [1.54, 1.807) is 0 Å². The van der Waals surface area contributed by atoms with Crippen LogP contribution < -0.4 is 15.5 Å². The molecule has 0 atom stereocenters. The van der Waals surface area contributed by atoms with E-state index in [-0.39, 0.29) is 23.7 Å². The van der Waals surface area contributed by atoms with Crippen molar-refractivity contribution < 1.29 is 9.59 Å². The van der Waals surface area contributed by atoms with Gasteiger partial charge in [0.05, 0.1) is 0 Å². The number of nitrogens with one attached hydrogen (secondary N) is 2. The number of benzene rings is 2. The van der Waals surface area contributed by atoms with E-state index >= 15 is 0 Å². The van der Waals surface area contributed by atoms with Crippen molar-refractivity contribution in [1.82, 2.24) is 5.32 Å². The minimum atomic E-state index is -0.0235. The lowest BCUT2D eigenvalue weighted by Crippen LogP contribution is -2.35. The highest BCUT2D eigenvalue weighted by Crippen LogP contribution is 2.30. The van der Waals surface area contributed by atoms with Gasteiger partial charge >= 0.3 is 0 Å². The Morgan fingerprint density at radius 3 is 1.97 bits per heavy atom. The Hall–Kier alpha value is -2.82. The second-order valence-electron chi connectivity index (χ2n) is 8.18. The number of amides is 2. The molecule has 0 radical (unpaired) electrons. The molecule has 5 nitrogen and oxygen atoms in total. The third-order valence-corrected chi connectivity index (χ3v) is 5.71. The van der Waals surface area contributed by atoms with Crippen molar-refractivity contribution in [3.63, 3.8) is 0 Å². The Balaban J connectivity index is 1.43. The number of carbonyl (C=O) groups is 2. The lowest BCUT2D eigenvalue weighted by Gasteiger charge is -2.27. The molecule has 0 bridgehead atoms. The van der Waals surface area contributed by atoms with Crippen LogP contribution in [0.15, 0.2) is 48.5 Å². The van der Waals surface area contributed by atoms with Crippen molar-refractivity contribution in [1.29, 1.82) is 0 Å². The number of nitrogens with zero attached hydrogens (tertiary/aromatic N) is 1. The maximum Gasteiger partial charge on any atom is 0.227 e. The third kappa shape index (κ3) is 5.83. The predicted octanol–water partition coefficient (Wildman–Crippen LogP) is 4.12. The molecule has 5 heteroatoms. The molecule has 2 amide bonds. The van der Waals surface area contributed by atoms with Crippen LogP contribution in [-0.2, 0) is 16.1 Å². The van der Waals surface area contributed by atoms with E-state index in [0.29, 0.717) is 6.54 Å². The van der Waals surface area contributed by atoms with Crippen molar-refractivity contribution in [2.75, 3.05) is 24.3 Å². The molecule has 0 spiro atoms. The van der Waals surface area contributed by atoms with Crippen LogP contribution in [0.25, 0.3) is 0 Å². The van der Waals surface area contributed by atoms with Gasteiger partial charge in [-0.3, -0.25) is 9.59 Å². The van der Waals surface area contributed by atoms with Gasteiger partial charge in [-0.25, -0.2) is 0 Å². The van der Waals surface area contributed by atoms with Crippen LogP contribution in [0.3, 0.4) is 0 Å². The maximum atomic E-state index is 12.6. The molecule has 2 N–H and O–H groups in total. The number of hydrogen-bond acceptors (Lipinski definition) is 3. The van der Waals surface area contributed by atoms with Crippen molar-refractivity contribution in [3.05, 3.63) is 59.7 Å². The van der Waals surface area contributed by atoms with Gasteiger partial charge in [0.15, 0.2) is 0 Å². The zero-order valence-electron chi connectivity index (χ0n) is 17.6. The minimum Gasteiger partial charge on any atom is -0.378 e. The van der Waals surface area contributed by atoms with Crippen LogP contribution in [0.1, 0.15) is 36.8 Å². The molecule has 3 rings (SSSR count). The number of carbonyl (C=O) groups excluding carboxylic acids is 2. The molecule has 154 valence electrons. The summed E-state index contributed by atoms with van der Waals surface area (Å²) < 4.78 is 0. The topological polar surface area (TPSA) is 61.4 Å². The van der Waals surface area contributed by atoms with Crippen molar-refractivity contribution in [2.45, 2.75) is 39.2 Å². The molecule has 0 heterocycles. The van der Waals surface area contributed by atoms with Gasteiger partial charge in [-0.15, -0.1) is 0 Å². The molecular weight excluding hydrogens is 362 g/mol. The number of rotatable bonds is 6. The standard InChI is InChI=1S/C24H31N3O2/c1-17-4-6-18(7-5-17)16-25-23(28)19-8-10-20(11-9-19)24(29)26-21-12-14-22(15-13-21)27(2)3/h4-7,12-15,19-20H,8-11,16H2,1-3H3,(H,25,28)(H,26,29). The Bertz CT molecular complexity index is 820. The Morgan fingerprint density at radius 2 is 1.41 bits per heavy atom. The van der Waals surface area contributed by atoms with E-state index in [0.717, 1.165) is 42.6 Å². The molecule has 0 saturated heterocycles. The quantitative estimate of drug-likeness (QED) is 0.776. The fraction of sp³-hybridized carbons (Fsp3) is 0.417. The van der Waals surface area contributed by atoms with Gasteiger partial charge in [-0.2, -0.15) is 0 Å². The molecule has 1 aliphatic rings. The van der Waals surface area contributed by atoms with Crippen LogP contribution in [0.2, 0.25) is 0 Å². The van der Waals surface area contributed by atoms with E-state index in [1.807, 2.05) is 55.4 Å². The zero-order chi connectivity index (χ0) is 20.8. The van der Waals surface area contributed by atoms with Crippen molar-refractivity contribution in [2.24, 2.45) is 11.8 Å². The molecule has 0 aliphatic heterocycles. The molecule has 29 heavy (non-hydrogen) atoms. The van der Waals surface area contributed by atoms with Gasteiger partial charge in [-0.1, -0.05) is 29.8 Å². The highest BCUT2D eigenvalue weighted by atomic mass is 16.2. The first-order valence-corrected chi connectivity index (χ1v) is 10.3. The molecule has 0 aromatic heterocycles. The Labute approximate surface area is 173 Å². The van der Waals surface area contributed by atoms with Gasteiger partial charge in [0.25, 0.3) is 0 Å². The summed E-state index contributed by atoms with van der Waals surface area (Å²) >= 11 is 0. The monoisotopic (exact) mass is 393 g/mol. The molecule has 2 aromatic rings. The second kappa shape index (κ2) is 9.59. The smallest absolute Gasteiger partial charge is 0.227 e. The Morgan fingerprint density at radius 1 is 0.862 bits per heavy atom. The fourth-order valence-electron chi connectivity index (χ4n) is 3.74. The molecule has 2 aromatic carbocycles. The normalized spacial score (nSPS) is 18.7. The summed E-state index contributed by atoms with van der Waals surface area (Å²) in [5, 5.41) is 6.06. The summed E-state index contributed by atoms with van der Waals surface area (Å²) in [4.78, 5) is 27.1. The molecule has 1 saturated carbocycles. The summed E-state index contributed by atoms with van der Waals surface area (Å²) in [6.07, 6.45) is 3.03. The number of hydrogen-bond donors (Lipinski definition) is 2. The maximum absolute atomic E-state index is 12.6. The van der Waals surface area contributed by atoms with Gasteiger partial charge < -0.3 is 15.5 Å². The highest BCUT2D eigenvalue weighted by Gasteiger charge is 2.29. The van der Waals surface area contributed by atoms with Crippen LogP contribution in [0, 0.1) is 18.8 Å². The number of anilines is 2. The first-order valence-electron chi connectivity index (χ1n) is 10.3. The average molecular weight is 394 g/mol. The molecule has 1 fully saturated rings. The number of aryl methyl sites for hydroxylation is 1. The largest absolute Gasteiger partial charge is 0.378 e. The Kier molecular flexibility index (Phi) is 6.91. The second-order valence-corrected chi connectivity index (χ2v) is 8.18. The van der Waals surface area contributed by atoms with Gasteiger partial charge in [0.2, 0.25) is 11.8 Å². The lowest BCUT2D eigenvalue weighted by atomic mass is 9.81. The van der Waals surface area contributed by atoms with E-state index in [2.05, 4.69) is 29.7 Å². The zero-order valence-corrected chi connectivity index (χ0v) is 17.6. The van der Waals surface area contributed by atoms with Crippen LogP contribution in [-0.4, -0.2) is 25.9 Å². The summed E-state index contributed by atoms with van der Waals surface area (Å²) in [5.74, 6) is 0.137. The molecule has 1 aliphatic carbocycles. The average Bonchev–Trinajstić information content (AvgIpc) is 2.73. The minimum absolute atomic E-state index is 0.00359. The first-order chi connectivity index (χ1) is 13.9. The third-order valence-electron chi connectivity index (χ3n) is 5.71. The van der Waals surface area contributed by atoms with Crippen molar-refractivity contribution in [3.8, 4) is 0 Å². The molecular formula is C24H31N3O2. The fourth-order valence-corrected chi connectivity index (χ4v) is 3.74. The SMILES string of the molecule is Cc1ccc(CNC(=O)C2CCC(C(=O)Nc3ccc(N(C)C)cc3)CC2)cc1. The van der Waals surface area contributed by atoms with E-state index in [1.165, 1.54) is 5.56 Å². The van der Waals surface area contributed by atoms with Crippen molar-refractivity contribution >= 4 is 23.2 Å². The summed E-state index contributed by atoms with van der Waals surface area (Å²) in [6.45, 7) is 2.61. The van der Waals surface area contributed by atoms with Gasteiger partial charge in [0.1, 0.15) is 0 Å². The van der Waals surface area contributed by atoms with E-state index in [4.69, 9.17) is 0 Å². The summed E-state index contributed by atoms with van der Waals surface area (Å²) in [7, 11) is 3.98. The predicted molar refractivity (Wildman–Crippen MR) is 118 cm³/mol.